The maximum atomic E-state index is 13.2. The predicted octanol–water partition coefficient (Wildman–Crippen LogP) is 4.25. The molecule has 0 aliphatic heterocycles. The molecule has 0 aliphatic carbocycles. The molecule has 3 aromatic heterocycles. The normalized spacial score (nSPS) is 11.6. The van der Waals surface area contributed by atoms with E-state index in [4.69, 9.17) is 4.42 Å². The zero-order valence-corrected chi connectivity index (χ0v) is 18.7. The number of carbonyl (C=O) groups excluding carboxylic acids is 2. The Morgan fingerprint density at radius 1 is 1.09 bits per heavy atom. The molecule has 0 atom stereocenters. The van der Waals surface area contributed by atoms with Gasteiger partial charge in [0, 0.05) is 19.3 Å². The van der Waals surface area contributed by atoms with Crippen molar-refractivity contribution in [3.05, 3.63) is 53.0 Å². The van der Waals surface area contributed by atoms with Crippen LogP contribution in [0.2, 0.25) is 0 Å². The van der Waals surface area contributed by atoms with Gasteiger partial charge in [-0.15, -0.1) is 0 Å². The molecule has 0 unspecified atom stereocenters. The molecule has 3 aromatic rings. The number of hydrogen-bond acceptors (Lipinski definition) is 5. The van der Waals surface area contributed by atoms with Crippen LogP contribution in [-0.4, -0.2) is 37.9 Å². The van der Waals surface area contributed by atoms with Crippen LogP contribution in [0.15, 0.2) is 28.8 Å². The van der Waals surface area contributed by atoms with Gasteiger partial charge in [-0.3, -0.25) is 19.0 Å². The third-order valence-corrected chi connectivity index (χ3v) is 4.69. The monoisotopic (exact) mass is 484 g/mol. The molecular weight excluding hydrogens is 460 g/mol. The highest BCUT2D eigenvalue weighted by Crippen LogP contribution is 2.26. The average molecular weight is 484 g/mol. The first-order valence-corrected chi connectivity index (χ1v) is 10.5. The van der Waals surface area contributed by atoms with E-state index in [9.17, 15) is 27.2 Å². The van der Waals surface area contributed by atoms with Crippen LogP contribution >= 0.6 is 0 Å². The molecular formula is C21H24F4N6O3. The summed E-state index contributed by atoms with van der Waals surface area (Å²) in [6.07, 6.45) is -4.53. The quantitative estimate of drug-likeness (QED) is 0.419. The molecule has 0 saturated carbocycles. The van der Waals surface area contributed by atoms with E-state index >= 15 is 0 Å². The molecule has 13 heteroatoms. The summed E-state index contributed by atoms with van der Waals surface area (Å²) >= 11 is 0. The van der Waals surface area contributed by atoms with Crippen LogP contribution in [0.4, 0.5) is 23.2 Å². The number of aryl methyl sites for hydroxylation is 1. The summed E-state index contributed by atoms with van der Waals surface area (Å²) < 4.78 is 59.6. The molecule has 0 aromatic carbocycles. The second kappa shape index (κ2) is 10.5. The fourth-order valence-corrected chi connectivity index (χ4v) is 3.00. The van der Waals surface area contributed by atoms with Crippen molar-refractivity contribution in [2.75, 3.05) is 11.9 Å². The summed E-state index contributed by atoms with van der Waals surface area (Å²) in [5, 5.41) is 13.0. The van der Waals surface area contributed by atoms with Gasteiger partial charge >= 0.3 is 0 Å². The summed E-state index contributed by atoms with van der Waals surface area (Å²) in [7, 11) is 0. The Balaban J connectivity index is 1.76. The van der Waals surface area contributed by atoms with E-state index in [1.807, 2.05) is 20.8 Å². The molecule has 2 N–H and O–H groups in total. The smallest absolute Gasteiger partial charge is 0.291 e. The maximum absolute atomic E-state index is 13.2. The van der Waals surface area contributed by atoms with Crippen molar-refractivity contribution < 1.29 is 31.6 Å². The van der Waals surface area contributed by atoms with Crippen LogP contribution in [0.3, 0.4) is 0 Å². The number of hydrogen-bond donors (Lipinski definition) is 2. The van der Waals surface area contributed by atoms with Crippen molar-refractivity contribution >= 4 is 17.5 Å². The van der Waals surface area contributed by atoms with E-state index in [0.717, 1.165) is 0 Å². The van der Waals surface area contributed by atoms with Gasteiger partial charge in [0.05, 0.1) is 12.2 Å². The Hall–Kier alpha value is -3.64. The third-order valence-electron chi connectivity index (χ3n) is 4.69. The van der Waals surface area contributed by atoms with E-state index in [1.54, 1.807) is 0 Å². The zero-order valence-electron chi connectivity index (χ0n) is 18.7. The highest BCUT2D eigenvalue weighted by molar-refractivity contribution is 6.07. The molecule has 0 bridgehead atoms. The van der Waals surface area contributed by atoms with Crippen LogP contribution in [0.25, 0.3) is 0 Å². The zero-order chi connectivity index (χ0) is 25.0. The van der Waals surface area contributed by atoms with Gasteiger partial charge in [-0.1, -0.05) is 13.8 Å². The van der Waals surface area contributed by atoms with Gasteiger partial charge in [0.25, 0.3) is 24.7 Å². The number of furan rings is 1. The number of nitrogens with zero attached hydrogens (tertiary/aromatic N) is 4. The van der Waals surface area contributed by atoms with Crippen molar-refractivity contribution in [1.29, 1.82) is 0 Å². The average Bonchev–Trinajstić information content (AvgIpc) is 3.50. The molecule has 0 radical (unpaired) electrons. The van der Waals surface area contributed by atoms with Crippen molar-refractivity contribution in [1.82, 2.24) is 24.9 Å². The van der Waals surface area contributed by atoms with Gasteiger partial charge in [0.2, 0.25) is 0 Å². The van der Waals surface area contributed by atoms with Crippen molar-refractivity contribution in [2.24, 2.45) is 5.92 Å². The fraction of sp³-hybridized carbons (Fsp3) is 0.429. The molecule has 0 saturated heterocycles. The number of anilines is 1. The molecule has 0 spiro atoms. The summed E-state index contributed by atoms with van der Waals surface area (Å²) in [5.41, 5.74) is -1.28. The third kappa shape index (κ3) is 5.83. The SMILES string of the molecule is CCn1cc(NC(=O)c2ccc(Cn3nc(C(F)F)cc3C(F)F)o2)c(C(=O)NCC(C)C)n1. The number of carbonyl (C=O) groups is 2. The summed E-state index contributed by atoms with van der Waals surface area (Å²) in [5.74, 6) is -1.07. The van der Waals surface area contributed by atoms with Crippen molar-refractivity contribution in [3.8, 4) is 0 Å². The van der Waals surface area contributed by atoms with E-state index in [-0.39, 0.29) is 35.4 Å². The largest absolute Gasteiger partial charge is 0.454 e. The van der Waals surface area contributed by atoms with Crippen LogP contribution < -0.4 is 10.6 Å². The molecule has 2 amide bonds. The van der Waals surface area contributed by atoms with Crippen LogP contribution in [0.5, 0.6) is 0 Å². The first-order valence-electron chi connectivity index (χ1n) is 10.5. The number of halogens is 4. The number of rotatable bonds is 10. The molecule has 184 valence electrons. The fourth-order valence-electron chi connectivity index (χ4n) is 3.00. The van der Waals surface area contributed by atoms with E-state index in [0.29, 0.717) is 23.8 Å². The number of aromatic nitrogens is 4. The number of alkyl halides is 4. The lowest BCUT2D eigenvalue weighted by atomic mass is 10.2. The van der Waals surface area contributed by atoms with Crippen molar-refractivity contribution in [2.45, 2.75) is 46.7 Å². The second-order valence-corrected chi connectivity index (χ2v) is 7.82. The summed E-state index contributed by atoms with van der Waals surface area (Å²) in [6, 6.07) is 3.27. The highest BCUT2D eigenvalue weighted by atomic mass is 19.3. The van der Waals surface area contributed by atoms with Gasteiger partial charge in [-0.25, -0.2) is 17.6 Å². The minimum Gasteiger partial charge on any atom is -0.454 e. The van der Waals surface area contributed by atoms with Crippen LogP contribution in [-0.2, 0) is 13.1 Å². The summed E-state index contributed by atoms with van der Waals surface area (Å²) in [6.45, 7) is 6.19. The Morgan fingerprint density at radius 3 is 2.44 bits per heavy atom. The molecule has 9 nitrogen and oxygen atoms in total. The Morgan fingerprint density at radius 2 is 1.82 bits per heavy atom. The van der Waals surface area contributed by atoms with Crippen LogP contribution in [0, 0.1) is 5.92 Å². The van der Waals surface area contributed by atoms with Gasteiger partial charge in [-0.2, -0.15) is 10.2 Å². The van der Waals surface area contributed by atoms with Gasteiger partial charge in [-0.05, 0) is 31.0 Å². The predicted molar refractivity (Wildman–Crippen MR) is 113 cm³/mol. The second-order valence-electron chi connectivity index (χ2n) is 7.82. The molecule has 0 fully saturated rings. The lowest BCUT2D eigenvalue weighted by molar-refractivity contribution is 0.0944. The summed E-state index contributed by atoms with van der Waals surface area (Å²) in [4.78, 5) is 25.1. The first-order chi connectivity index (χ1) is 16.1. The van der Waals surface area contributed by atoms with Crippen molar-refractivity contribution in [3.63, 3.8) is 0 Å². The minimum absolute atomic E-state index is 0.0280. The highest BCUT2D eigenvalue weighted by Gasteiger charge is 2.23. The van der Waals surface area contributed by atoms with Gasteiger partial charge in [0.15, 0.2) is 11.5 Å². The Bertz CT molecular complexity index is 1150. The number of amides is 2. The Labute approximate surface area is 192 Å². The lowest BCUT2D eigenvalue weighted by Crippen LogP contribution is -2.28. The van der Waals surface area contributed by atoms with E-state index < -0.39 is 36.1 Å². The Kier molecular flexibility index (Phi) is 7.74. The van der Waals surface area contributed by atoms with Crippen LogP contribution in [0.1, 0.15) is 71.8 Å². The number of nitrogens with one attached hydrogen (secondary N) is 2. The topological polar surface area (TPSA) is 107 Å². The lowest BCUT2D eigenvalue weighted by Gasteiger charge is -2.07. The molecule has 34 heavy (non-hydrogen) atoms. The molecule has 0 aliphatic rings. The van der Waals surface area contributed by atoms with Gasteiger partial charge < -0.3 is 15.1 Å². The molecule has 3 rings (SSSR count). The molecule has 3 heterocycles. The van der Waals surface area contributed by atoms with E-state index in [1.165, 1.54) is 23.0 Å². The van der Waals surface area contributed by atoms with Gasteiger partial charge in [0.1, 0.15) is 17.1 Å². The maximum Gasteiger partial charge on any atom is 0.291 e. The minimum atomic E-state index is -3.02. The van der Waals surface area contributed by atoms with E-state index in [2.05, 4.69) is 20.8 Å². The first kappa shape index (κ1) is 25.0. The standard InChI is InChI=1S/C21H24F4N6O3/c1-4-30-10-14(17(29-30)21(33)26-8-11(2)3)27-20(32)16-6-5-12(34-16)9-31-15(19(24)25)7-13(28-31)18(22)23/h5-7,10-11,18-19H,4,8-9H2,1-3H3,(H,26,33)(H,27,32).